The van der Waals surface area contributed by atoms with Crippen LogP contribution in [0.15, 0.2) is 0 Å². The molecule has 0 bridgehead atoms. The summed E-state index contributed by atoms with van der Waals surface area (Å²) in [6.07, 6.45) is 3.43. The summed E-state index contributed by atoms with van der Waals surface area (Å²) < 4.78 is 11.4. The second-order valence-electron chi connectivity index (χ2n) is 5.12. The largest absolute Gasteiger partial charge is 0.378 e. The fraction of sp³-hybridized carbons (Fsp3) is 1.00. The quantitative estimate of drug-likeness (QED) is 0.818. The molecule has 3 unspecified atom stereocenters. The van der Waals surface area contributed by atoms with Crippen molar-refractivity contribution < 1.29 is 9.47 Å². The van der Waals surface area contributed by atoms with E-state index in [9.17, 15) is 0 Å². The van der Waals surface area contributed by atoms with Crippen molar-refractivity contribution in [3.05, 3.63) is 0 Å². The van der Waals surface area contributed by atoms with Gasteiger partial charge in [-0.15, -0.1) is 0 Å². The first kappa shape index (κ1) is 12.7. The standard InChI is InChI=1S/C12H23NO2S/c1-10(7-13)8-16-11-2-4-15-12(6-11)3-5-14-9-12/h10-11H,2-9,13H2,1H3. The summed E-state index contributed by atoms with van der Waals surface area (Å²) in [7, 11) is 0. The smallest absolute Gasteiger partial charge is 0.0947 e. The van der Waals surface area contributed by atoms with Gasteiger partial charge in [-0.25, -0.2) is 0 Å². The molecule has 0 aliphatic carbocycles. The predicted octanol–water partition coefficient (Wildman–Crippen LogP) is 1.65. The fourth-order valence-corrected chi connectivity index (χ4v) is 3.78. The first-order chi connectivity index (χ1) is 7.74. The fourth-order valence-electron chi connectivity index (χ4n) is 2.36. The number of rotatable bonds is 4. The van der Waals surface area contributed by atoms with Crippen LogP contribution in [0.3, 0.4) is 0 Å². The molecule has 2 aliphatic heterocycles. The van der Waals surface area contributed by atoms with E-state index in [1.54, 1.807) is 0 Å². The lowest BCUT2D eigenvalue weighted by atomic mass is 9.93. The minimum absolute atomic E-state index is 0.0574. The summed E-state index contributed by atoms with van der Waals surface area (Å²) in [5, 5.41) is 0.740. The molecule has 1 spiro atoms. The number of nitrogens with two attached hydrogens (primary N) is 1. The lowest BCUT2D eigenvalue weighted by molar-refractivity contribution is -0.0769. The minimum atomic E-state index is 0.0574. The van der Waals surface area contributed by atoms with E-state index in [-0.39, 0.29) is 5.60 Å². The highest BCUT2D eigenvalue weighted by Gasteiger charge is 2.40. The van der Waals surface area contributed by atoms with E-state index in [1.807, 2.05) is 0 Å². The van der Waals surface area contributed by atoms with E-state index < -0.39 is 0 Å². The molecule has 2 saturated heterocycles. The zero-order chi connectivity index (χ0) is 11.4. The molecule has 4 heteroatoms. The highest BCUT2D eigenvalue weighted by Crippen LogP contribution is 2.37. The van der Waals surface area contributed by atoms with Gasteiger partial charge >= 0.3 is 0 Å². The highest BCUT2D eigenvalue weighted by molar-refractivity contribution is 7.99. The molecule has 0 amide bonds. The Labute approximate surface area is 102 Å². The third-order valence-electron chi connectivity index (χ3n) is 3.53. The number of ether oxygens (including phenoxy) is 2. The molecule has 2 aliphatic rings. The van der Waals surface area contributed by atoms with Crippen molar-refractivity contribution in [2.24, 2.45) is 11.7 Å². The van der Waals surface area contributed by atoms with Crippen LogP contribution in [0.1, 0.15) is 26.2 Å². The van der Waals surface area contributed by atoms with Crippen LogP contribution in [-0.4, -0.2) is 43.0 Å². The molecule has 0 aromatic rings. The van der Waals surface area contributed by atoms with Crippen LogP contribution >= 0.6 is 11.8 Å². The van der Waals surface area contributed by atoms with Crippen molar-refractivity contribution in [1.29, 1.82) is 0 Å². The van der Waals surface area contributed by atoms with Crippen LogP contribution in [-0.2, 0) is 9.47 Å². The summed E-state index contributed by atoms with van der Waals surface area (Å²) in [4.78, 5) is 0. The maximum atomic E-state index is 5.93. The summed E-state index contributed by atoms with van der Waals surface area (Å²) in [6.45, 7) is 5.59. The summed E-state index contributed by atoms with van der Waals surface area (Å²) in [5.74, 6) is 1.81. The minimum Gasteiger partial charge on any atom is -0.378 e. The Morgan fingerprint density at radius 1 is 1.50 bits per heavy atom. The molecule has 2 rings (SSSR count). The lowest BCUT2D eigenvalue weighted by Crippen LogP contribution is -2.41. The van der Waals surface area contributed by atoms with Gasteiger partial charge in [0.1, 0.15) is 0 Å². The lowest BCUT2D eigenvalue weighted by Gasteiger charge is -2.37. The number of hydrogen-bond acceptors (Lipinski definition) is 4. The van der Waals surface area contributed by atoms with Crippen LogP contribution in [0.5, 0.6) is 0 Å². The monoisotopic (exact) mass is 245 g/mol. The summed E-state index contributed by atoms with van der Waals surface area (Å²) in [5.41, 5.74) is 5.70. The molecule has 3 atom stereocenters. The molecule has 94 valence electrons. The molecule has 2 fully saturated rings. The van der Waals surface area contributed by atoms with Gasteiger partial charge in [0.2, 0.25) is 0 Å². The van der Waals surface area contributed by atoms with E-state index in [4.69, 9.17) is 15.2 Å². The van der Waals surface area contributed by atoms with Gasteiger partial charge in [0.05, 0.1) is 12.2 Å². The third-order valence-corrected chi connectivity index (χ3v) is 5.17. The van der Waals surface area contributed by atoms with Crippen LogP contribution in [0, 0.1) is 5.92 Å². The second-order valence-corrected chi connectivity index (χ2v) is 6.46. The molecule has 16 heavy (non-hydrogen) atoms. The molecule has 0 aromatic heterocycles. The van der Waals surface area contributed by atoms with Gasteiger partial charge in [0, 0.05) is 24.9 Å². The van der Waals surface area contributed by atoms with Crippen LogP contribution in [0.25, 0.3) is 0 Å². The molecule has 0 saturated carbocycles. The third kappa shape index (κ3) is 3.13. The van der Waals surface area contributed by atoms with Gasteiger partial charge in [-0.2, -0.15) is 11.8 Å². The highest BCUT2D eigenvalue weighted by atomic mass is 32.2. The zero-order valence-electron chi connectivity index (χ0n) is 10.1. The Morgan fingerprint density at radius 3 is 3.06 bits per heavy atom. The molecule has 2 N–H and O–H groups in total. The Hall–Kier alpha value is 0.230. The second kappa shape index (κ2) is 5.71. The van der Waals surface area contributed by atoms with Gasteiger partial charge in [-0.05, 0) is 31.1 Å². The molecular weight excluding hydrogens is 222 g/mol. The van der Waals surface area contributed by atoms with Crippen molar-refractivity contribution in [3.63, 3.8) is 0 Å². The normalized spacial score (nSPS) is 36.8. The van der Waals surface area contributed by atoms with Gasteiger partial charge in [0.15, 0.2) is 0 Å². The number of hydrogen-bond donors (Lipinski definition) is 1. The van der Waals surface area contributed by atoms with Gasteiger partial charge in [-0.3, -0.25) is 0 Å². The van der Waals surface area contributed by atoms with E-state index in [1.165, 1.54) is 12.2 Å². The van der Waals surface area contributed by atoms with Gasteiger partial charge < -0.3 is 15.2 Å². The Morgan fingerprint density at radius 2 is 2.38 bits per heavy atom. The van der Waals surface area contributed by atoms with Crippen molar-refractivity contribution in [1.82, 2.24) is 0 Å². The van der Waals surface area contributed by atoms with E-state index in [0.717, 1.165) is 44.5 Å². The van der Waals surface area contributed by atoms with Crippen molar-refractivity contribution in [2.45, 2.75) is 37.0 Å². The number of thioether (sulfide) groups is 1. The average Bonchev–Trinajstić information content (AvgIpc) is 2.74. The van der Waals surface area contributed by atoms with Gasteiger partial charge in [0.25, 0.3) is 0 Å². The molecule has 0 radical (unpaired) electrons. The van der Waals surface area contributed by atoms with Crippen LogP contribution in [0.2, 0.25) is 0 Å². The SMILES string of the molecule is CC(CN)CSC1CCOC2(CCOC2)C1. The van der Waals surface area contributed by atoms with Crippen molar-refractivity contribution in [3.8, 4) is 0 Å². The van der Waals surface area contributed by atoms with Gasteiger partial charge in [-0.1, -0.05) is 6.92 Å². The predicted molar refractivity (Wildman–Crippen MR) is 67.8 cm³/mol. The van der Waals surface area contributed by atoms with E-state index >= 15 is 0 Å². The summed E-state index contributed by atoms with van der Waals surface area (Å²) in [6, 6.07) is 0. The molecule has 3 nitrogen and oxygen atoms in total. The molecule has 0 aromatic carbocycles. The maximum absolute atomic E-state index is 5.93. The Kier molecular flexibility index (Phi) is 4.53. The topological polar surface area (TPSA) is 44.5 Å². The Balaban J connectivity index is 1.78. The first-order valence-electron chi connectivity index (χ1n) is 6.27. The maximum Gasteiger partial charge on any atom is 0.0947 e. The zero-order valence-corrected chi connectivity index (χ0v) is 10.9. The van der Waals surface area contributed by atoms with Crippen molar-refractivity contribution >= 4 is 11.8 Å². The van der Waals surface area contributed by atoms with E-state index in [2.05, 4.69) is 18.7 Å². The molecular formula is C12H23NO2S. The van der Waals surface area contributed by atoms with Crippen LogP contribution < -0.4 is 5.73 Å². The van der Waals surface area contributed by atoms with E-state index in [0.29, 0.717) is 5.92 Å². The molecule has 2 heterocycles. The van der Waals surface area contributed by atoms with Crippen LogP contribution in [0.4, 0.5) is 0 Å². The average molecular weight is 245 g/mol. The van der Waals surface area contributed by atoms with Crippen molar-refractivity contribution in [2.75, 3.05) is 32.1 Å². The Bertz CT molecular complexity index is 219. The first-order valence-corrected chi connectivity index (χ1v) is 7.32. The summed E-state index contributed by atoms with van der Waals surface area (Å²) >= 11 is 2.08.